The van der Waals surface area contributed by atoms with Crippen molar-refractivity contribution in [2.45, 2.75) is 39.6 Å². The highest BCUT2D eigenvalue weighted by atomic mass is 35.5. The molecule has 32 heavy (non-hydrogen) atoms. The monoisotopic (exact) mass is 473 g/mol. The van der Waals surface area contributed by atoms with E-state index in [0.717, 1.165) is 13.0 Å². The summed E-state index contributed by atoms with van der Waals surface area (Å²) in [4.78, 5) is 38.6. The van der Waals surface area contributed by atoms with Crippen molar-refractivity contribution >= 4 is 23.9 Å². The summed E-state index contributed by atoms with van der Waals surface area (Å²) in [6.45, 7) is 4.24. The fourth-order valence-corrected chi connectivity index (χ4v) is 2.74. The molecule has 9 nitrogen and oxygen atoms in total. The molecule has 0 bridgehead atoms. The zero-order valence-electron chi connectivity index (χ0n) is 17.6. The van der Waals surface area contributed by atoms with E-state index in [0.29, 0.717) is 12.4 Å². The van der Waals surface area contributed by atoms with Crippen LogP contribution in [0, 0.1) is 11.6 Å². The average molecular weight is 474 g/mol. The van der Waals surface area contributed by atoms with Gasteiger partial charge in [-0.25, -0.2) is 8.78 Å². The molecule has 0 radical (unpaired) electrons. The number of hydrogen-bond donors (Lipinski definition) is 1. The number of carbonyl (C=O) groups is 2. The van der Waals surface area contributed by atoms with Gasteiger partial charge in [0.15, 0.2) is 11.3 Å². The van der Waals surface area contributed by atoms with Gasteiger partial charge in [-0.2, -0.15) is 4.98 Å². The minimum absolute atomic E-state index is 0.0364. The first kappa shape index (κ1) is 25.2. The maximum absolute atomic E-state index is 13.8. The Morgan fingerprint density at radius 3 is 2.62 bits per heavy atom. The maximum Gasteiger partial charge on any atom is 0.304 e. The third-order valence-electron chi connectivity index (χ3n) is 3.99. The molecule has 1 aromatic heterocycles. The first-order chi connectivity index (χ1) is 15.1. The van der Waals surface area contributed by atoms with Crippen LogP contribution in [0.1, 0.15) is 32.4 Å². The highest BCUT2D eigenvalue weighted by molar-refractivity contribution is 6.31. The molecular weight excluding hydrogens is 452 g/mol. The van der Waals surface area contributed by atoms with Crippen molar-refractivity contribution in [3.05, 3.63) is 50.8 Å². The van der Waals surface area contributed by atoms with Gasteiger partial charge in [0.2, 0.25) is 12.1 Å². The smallest absolute Gasteiger partial charge is 0.304 e. The van der Waals surface area contributed by atoms with Gasteiger partial charge in [-0.15, -0.1) is 0 Å². The van der Waals surface area contributed by atoms with E-state index in [1.54, 1.807) is 13.8 Å². The predicted molar refractivity (Wildman–Crippen MR) is 110 cm³/mol. The molecule has 0 fully saturated rings. The van der Waals surface area contributed by atoms with Crippen molar-refractivity contribution in [2.75, 3.05) is 13.2 Å². The van der Waals surface area contributed by atoms with Crippen LogP contribution >= 0.6 is 11.6 Å². The summed E-state index contributed by atoms with van der Waals surface area (Å²) < 4.78 is 43.7. The van der Waals surface area contributed by atoms with Crippen LogP contribution < -0.4 is 20.3 Å². The number of esters is 1. The largest absolute Gasteiger partial charge is 0.471 e. The Balaban J connectivity index is 2.16. The number of halogens is 3. The predicted octanol–water partition coefficient (Wildman–Crippen LogP) is 2.39. The molecule has 1 atom stereocenters. The fourth-order valence-electron chi connectivity index (χ4n) is 2.55. The van der Waals surface area contributed by atoms with Gasteiger partial charge in [0, 0.05) is 31.1 Å². The van der Waals surface area contributed by atoms with E-state index in [-0.39, 0.29) is 48.3 Å². The van der Waals surface area contributed by atoms with E-state index in [4.69, 9.17) is 25.8 Å². The minimum atomic E-state index is -1.15. The SMILES string of the molecule is CC(=O)OC(C=O)NCCOc1nc(OCc2ccc(F)cc2F)c(Cl)c(=O)n1C(C)C. The summed E-state index contributed by atoms with van der Waals surface area (Å²) in [5, 5.41) is 2.31. The topological polar surface area (TPSA) is 109 Å². The van der Waals surface area contributed by atoms with E-state index in [9.17, 15) is 23.2 Å². The third kappa shape index (κ3) is 6.72. The molecule has 0 spiro atoms. The van der Waals surface area contributed by atoms with E-state index < -0.39 is 29.4 Å². The van der Waals surface area contributed by atoms with E-state index in [1.165, 1.54) is 10.6 Å². The Morgan fingerprint density at radius 2 is 2.03 bits per heavy atom. The third-order valence-corrected chi connectivity index (χ3v) is 4.31. The molecule has 0 aliphatic rings. The molecule has 0 saturated carbocycles. The van der Waals surface area contributed by atoms with Crippen molar-refractivity contribution in [3.63, 3.8) is 0 Å². The number of hydrogen-bond acceptors (Lipinski definition) is 8. The van der Waals surface area contributed by atoms with Crippen LogP contribution in [0.4, 0.5) is 8.78 Å². The molecule has 0 aliphatic heterocycles. The van der Waals surface area contributed by atoms with Crippen LogP contribution in [0.15, 0.2) is 23.0 Å². The van der Waals surface area contributed by atoms with E-state index >= 15 is 0 Å². The number of nitrogens with one attached hydrogen (secondary N) is 1. The minimum Gasteiger partial charge on any atom is -0.471 e. The lowest BCUT2D eigenvalue weighted by atomic mass is 10.2. The Morgan fingerprint density at radius 1 is 1.31 bits per heavy atom. The van der Waals surface area contributed by atoms with Crippen LogP contribution in [0.2, 0.25) is 5.02 Å². The van der Waals surface area contributed by atoms with Gasteiger partial charge in [-0.05, 0) is 26.0 Å². The van der Waals surface area contributed by atoms with E-state index in [2.05, 4.69) is 10.3 Å². The summed E-state index contributed by atoms with van der Waals surface area (Å²) in [5.41, 5.74) is -0.603. The van der Waals surface area contributed by atoms with Gasteiger partial charge in [0.25, 0.3) is 5.56 Å². The Hall–Kier alpha value is -3.05. The van der Waals surface area contributed by atoms with Crippen LogP contribution in [0.3, 0.4) is 0 Å². The molecule has 1 aromatic carbocycles. The molecule has 12 heteroatoms. The van der Waals surface area contributed by atoms with Gasteiger partial charge in [-0.1, -0.05) is 11.6 Å². The summed E-state index contributed by atoms with van der Waals surface area (Å²) >= 11 is 6.09. The van der Waals surface area contributed by atoms with E-state index in [1.807, 2.05) is 0 Å². The molecule has 0 amide bonds. The van der Waals surface area contributed by atoms with Crippen LogP contribution in [-0.2, 0) is 20.9 Å². The van der Waals surface area contributed by atoms with Gasteiger partial charge < -0.3 is 14.2 Å². The van der Waals surface area contributed by atoms with Crippen molar-refractivity contribution in [1.82, 2.24) is 14.9 Å². The standard InChI is InChI=1S/C20H22ClF2N3O6/c1-11(2)26-19(29)17(21)18(31-10-13-4-5-14(22)8-15(13)23)25-20(26)30-7-6-24-16(9-27)32-12(3)28/h4-5,8-9,11,16,24H,6-7,10H2,1-3H3. The molecule has 1 unspecified atom stereocenters. The fraction of sp³-hybridized carbons (Fsp3) is 0.400. The zero-order valence-corrected chi connectivity index (χ0v) is 18.3. The number of rotatable bonds is 11. The second-order valence-electron chi connectivity index (χ2n) is 6.78. The number of aldehydes is 1. The maximum atomic E-state index is 13.8. The van der Waals surface area contributed by atoms with Gasteiger partial charge in [-0.3, -0.25) is 24.3 Å². The summed E-state index contributed by atoms with van der Waals surface area (Å²) in [7, 11) is 0. The normalized spacial score (nSPS) is 11.8. The van der Waals surface area contributed by atoms with Crippen molar-refractivity contribution < 1.29 is 32.6 Å². The number of nitrogens with zero attached hydrogens (tertiary/aromatic N) is 2. The first-order valence-corrected chi connectivity index (χ1v) is 9.89. The number of benzene rings is 1. The first-order valence-electron chi connectivity index (χ1n) is 9.51. The Kier molecular flexibility index (Phi) is 9.09. The van der Waals surface area contributed by atoms with Gasteiger partial charge >= 0.3 is 12.0 Å². The number of carbonyl (C=O) groups excluding carboxylic acids is 2. The molecule has 1 heterocycles. The van der Waals surface area contributed by atoms with Crippen molar-refractivity contribution in [2.24, 2.45) is 0 Å². The summed E-state index contributed by atoms with van der Waals surface area (Å²) in [5.74, 6) is -2.48. The second kappa shape index (κ2) is 11.5. The molecule has 0 saturated heterocycles. The molecule has 174 valence electrons. The highest BCUT2D eigenvalue weighted by Gasteiger charge is 2.20. The second-order valence-corrected chi connectivity index (χ2v) is 7.15. The van der Waals surface area contributed by atoms with Crippen LogP contribution in [0.25, 0.3) is 0 Å². The quantitative estimate of drug-likeness (QED) is 0.229. The Labute approximate surface area is 187 Å². The lowest BCUT2D eigenvalue weighted by Gasteiger charge is -2.18. The molecule has 2 rings (SSSR count). The van der Waals surface area contributed by atoms with Crippen molar-refractivity contribution in [1.29, 1.82) is 0 Å². The summed E-state index contributed by atoms with van der Waals surface area (Å²) in [6.07, 6.45) is -0.738. The van der Waals surface area contributed by atoms with Crippen LogP contribution in [0.5, 0.6) is 11.9 Å². The lowest BCUT2D eigenvalue weighted by molar-refractivity contribution is -0.151. The van der Waals surface area contributed by atoms with Crippen molar-refractivity contribution in [3.8, 4) is 11.9 Å². The number of aromatic nitrogens is 2. The Bertz CT molecular complexity index is 1030. The zero-order chi connectivity index (χ0) is 23.8. The summed E-state index contributed by atoms with van der Waals surface area (Å²) in [6, 6.07) is 2.47. The average Bonchev–Trinajstić information content (AvgIpc) is 2.72. The number of ether oxygens (including phenoxy) is 3. The molecule has 1 N–H and O–H groups in total. The van der Waals surface area contributed by atoms with Gasteiger partial charge in [0.05, 0.1) is 0 Å². The van der Waals surface area contributed by atoms with Crippen LogP contribution in [-0.4, -0.2) is 41.2 Å². The highest BCUT2D eigenvalue weighted by Crippen LogP contribution is 2.24. The van der Waals surface area contributed by atoms with Gasteiger partial charge in [0.1, 0.15) is 24.8 Å². The molecular formula is C20H22ClF2N3O6. The molecule has 0 aliphatic carbocycles. The lowest BCUT2D eigenvalue weighted by Crippen LogP contribution is -2.37. The molecule has 2 aromatic rings.